The van der Waals surface area contributed by atoms with Crippen molar-refractivity contribution in [2.45, 2.75) is 41.0 Å². The average molecular weight is 662 g/mol. The van der Waals surface area contributed by atoms with E-state index in [-0.39, 0.29) is 45.2 Å². The van der Waals surface area contributed by atoms with Gasteiger partial charge in [-0.05, 0) is 55.0 Å². The van der Waals surface area contributed by atoms with Crippen molar-refractivity contribution in [1.29, 1.82) is 0 Å². The number of hydrogen-bond acceptors (Lipinski definition) is 12. The van der Waals surface area contributed by atoms with Gasteiger partial charge in [0.25, 0.3) is 11.8 Å². The maximum Gasteiger partial charge on any atom is 0.346 e. The van der Waals surface area contributed by atoms with Crippen LogP contribution in [0.4, 0.5) is 0 Å². The molecule has 0 saturated carbocycles. The molecule has 0 radical (unpaired) electrons. The van der Waals surface area contributed by atoms with Crippen LogP contribution in [0, 0.1) is 0 Å². The number of nitrogens with zero attached hydrogens (tertiary/aromatic N) is 1. The van der Waals surface area contributed by atoms with Crippen molar-refractivity contribution in [3.8, 4) is 0 Å². The van der Waals surface area contributed by atoms with Gasteiger partial charge >= 0.3 is 35.8 Å². The molecule has 0 N–H and O–H groups in total. The van der Waals surface area contributed by atoms with E-state index in [0.29, 0.717) is 17.7 Å². The summed E-state index contributed by atoms with van der Waals surface area (Å²) in [5, 5.41) is 0. The molecule has 3 heterocycles. The summed E-state index contributed by atoms with van der Waals surface area (Å²) in [5.74, 6) is -4.30. The molecule has 3 aromatic carbocycles. The summed E-state index contributed by atoms with van der Waals surface area (Å²) >= 11 is 0. The smallest absolute Gasteiger partial charge is 0.346 e. The third-order valence-electron chi connectivity index (χ3n) is 6.46. The van der Waals surface area contributed by atoms with Gasteiger partial charge in [-0.3, -0.25) is 14.5 Å². The van der Waals surface area contributed by atoms with Crippen molar-refractivity contribution in [2.24, 2.45) is 0 Å². The van der Waals surface area contributed by atoms with E-state index in [1.807, 2.05) is 34.6 Å². The highest BCUT2D eigenvalue weighted by Gasteiger charge is 2.34. The first kappa shape index (κ1) is 38.2. The standard InChI is InChI=1S/C11H11NO2.2C10H6O5.2C2H6/c1-2-7-12-10(13)8-5-3-4-6-9(8)11(12)14;2*1-14-8(11)5-2-3-6-7(4-5)10(13)15-9(6)12;2*1-2/h3-6H,2,7H2,1H3;2*2-4H,1H3;2*1-2H3. The van der Waals surface area contributed by atoms with Gasteiger partial charge in [0.05, 0.1) is 58.7 Å². The van der Waals surface area contributed by atoms with Crippen molar-refractivity contribution in [1.82, 2.24) is 4.90 Å². The van der Waals surface area contributed by atoms with E-state index >= 15 is 0 Å². The summed E-state index contributed by atoms with van der Waals surface area (Å²) in [6.07, 6.45) is 0.797. The van der Waals surface area contributed by atoms with E-state index in [4.69, 9.17) is 0 Å². The number of ether oxygens (including phenoxy) is 4. The topological polar surface area (TPSA) is 177 Å². The number of rotatable bonds is 4. The van der Waals surface area contributed by atoms with Crippen LogP contribution in [-0.2, 0) is 18.9 Å². The summed E-state index contributed by atoms with van der Waals surface area (Å²) < 4.78 is 17.7. The summed E-state index contributed by atoms with van der Waals surface area (Å²) in [4.78, 5) is 91.4. The van der Waals surface area contributed by atoms with Gasteiger partial charge in [-0.15, -0.1) is 0 Å². The lowest BCUT2D eigenvalue weighted by molar-refractivity contribution is 0.0425. The van der Waals surface area contributed by atoms with Crippen molar-refractivity contribution < 1.29 is 57.3 Å². The van der Waals surface area contributed by atoms with Gasteiger partial charge in [-0.25, -0.2) is 28.8 Å². The van der Waals surface area contributed by atoms with Gasteiger partial charge in [0, 0.05) is 6.54 Å². The van der Waals surface area contributed by atoms with Gasteiger partial charge in [0.1, 0.15) is 0 Å². The Balaban J connectivity index is 0.000000238. The van der Waals surface area contributed by atoms with Crippen LogP contribution in [0.3, 0.4) is 0 Å². The van der Waals surface area contributed by atoms with Crippen molar-refractivity contribution in [3.05, 3.63) is 105 Å². The summed E-state index contributed by atoms with van der Waals surface area (Å²) in [6.45, 7) is 10.5. The molecular formula is C35H35NO12. The summed E-state index contributed by atoms with van der Waals surface area (Å²) in [7, 11) is 2.47. The van der Waals surface area contributed by atoms with Gasteiger partial charge in [0.2, 0.25) is 0 Å². The largest absolute Gasteiger partial charge is 0.465 e. The van der Waals surface area contributed by atoms with Crippen LogP contribution in [0.25, 0.3) is 0 Å². The summed E-state index contributed by atoms with van der Waals surface area (Å²) in [6, 6.07) is 15.1. The van der Waals surface area contributed by atoms with Crippen LogP contribution in [-0.4, -0.2) is 73.3 Å². The normalized spacial score (nSPS) is 12.9. The number of methoxy groups -OCH3 is 2. The number of hydrogen-bond donors (Lipinski definition) is 0. The molecule has 0 atom stereocenters. The molecule has 13 nitrogen and oxygen atoms in total. The Morgan fingerprint density at radius 1 is 0.562 bits per heavy atom. The van der Waals surface area contributed by atoms with Gasteiger partial charge in [-0.2, -0.15) is 0 Å². The number of carbonyl (C=O) groups excluding carboxylic acids is 8. The molecule has 0 fully saturated rings. The molecule has 48 heavy (non-hydrogen) atoms. The maximum atomic E-state index is 11.7. The second-order valence-electron chi connectivity index (χ2n) is 9.17. The fraction of sp³-hybridized carbons (Fsp3) is 0.257. The van der Waals surface area contributed by atoms with Crippen molar-refractivity contribution in [3.63, 3.8) is 0 Å². The minimum Gasteiger partial charge on any atom is -0.465 e. The van der Waals surface area contributed by atoms with Gasteiger partial charge < -0.3 is 18.9 Å². The minimum atomic E-state index is -0.735. The third-order valence-corrected chi connectivity index (χ3v) is 6.46. The van der Waals surface area contributed by atoms with Gasteiger partial charge in [-0.1, -0.05) is 46.8 Å². The number of carbonyl (C=O) groups is 8. The fourth-order valence-electron chi connectivity index (χ4n) is 4.33. The van der Waals surface area contributed by atoms with Crippen LogP contribution < -0.4 is 0 Å². The van der Waals surface area contributed by atoms with E-state index in [1.54, 1.807) is 24.3 Å². The number of benzene rings is 3. The molecule has 13 heteroatoms. The summed E-state index contributed by atoms with van der Waals surface area (Å²) in [5.41, 5.74) is 2.04. The van der Waals surface area contributed by atoms with E-state index in [0.717, 1.165) is 6.42 Å². The lowest BCUT2D eigenvalue weighted by Crippen LogP contribution is -2.30. The molecule has 3 aromatic rings. The zero-order chi connectivity index (χ0) is 36.1. The van der Waals surface area contributed by atoms with Crippen LogP contribution in [0.5, 0.6) is 0 Å². The third kappa shape index (κ3) is 8.23. The molecule has 0 spiro atoms. The Kier molecular flexibility index (Phi) is 14.0. The number of amides is 2. The second-order valence-corrected chi connectivity index (χ2v) is 9.17. The highest BCUT2D eigenvalue weighted by molar-refractivity contribution is 6.21. The highest BCUT2D eigenvalue weighted by Crippen LogP contribution is 2.23. The lowest BCUT2D eigenvalue weighted by atomic mass is 10.1. The van der Waals surface area contributed by atoms with E-state index in [9.17, 15) is 38.4 Å². The number of esters is 6. The molecular weight excluding hydrogens is 626 g/mol. The molecule has 3 aliphatic heterocycles. The predicted octanol–water partition coefficient (Wildman–Crippen LogP) is 5.31. The van der Waals surface area contributed by atoms with Crippen molar-refractivity contribution in [2.75, 3.05) is 20.8 Å². The van der Waals surface area contributed by atoms with Crippen LogP contribution in [0.1, 0.15) is 124 Å². The molecule has 0 aromatic heterocycles. The van der Waals surface area contributed by atoms with E-state index < -0.39 is 35.8 Å². The fourth-order valence-corrected chi connectivity index (χ4v) is 4.33. The zero-order valence-electron chi connectivity index (χ0n) is 27.5. The lowest BCUT2D eigenvalue weighted by Gasteiger charge is -2.11. The zero-order valence-corrected chi connectivity index (χ0v) is 27.5. The molecule has 0 aliphatic carbocycles. The number of cyclic esters (lactones) is 4. The molecule has 0 unspecified atom stereocenters. The van der Waals surface area contributed by atoms with Crippen LogP contribution in [0.15, 0.2) is 60.7 Å². The minimum absolute atomic E-state index is 0.0999. The molecule has 2 amide bonds. The van der Waals surface area contributed by atoms with Crippen LogP contribution >= 0.6 is 0 Å². The Bertz CT molecular complexity index is 1630. The quantitative estimate of drug-likeness (QED) is 0.153. The first-order valence-corrected chi connectivity index (χ1v) is 14.9. The maximum absolute atomic E-state index is 11.7. The van der Waals surface area contributed by atoms with Crippen LogP contribution in [0.2, 0.25) is 0 Å². The first-order valence-electron chi connectivity index (χ1n) is 14.9. The van der Waals surface area contributed by atoms with Gasteiger partial charge in [0.15, 0.2) is 0 Å². The number of fused-ring (bicyclic) bond motifs is 3. The monoisotopic (exact) mass is 661 g/mol. The highest BCUT2D eigenvalue weighted by atomic mass is 16.6. The Labute approximate surface area is 276 Å². The van der Waals surface area contributed by atoms with Crippen molar-refractivity contribution >= 4 is 47.6 Å². The average Bonchev–Trinajstić information content (AvgIpc) is 3.68. The molecule has 6 rings (SSSR count). The SMILES string of the molecule is CC.CC.CCCN1C(=O)c2ccccc2C1=O.COC(=O)c1ccc2c(c1)C(=O)OC2=O.COC(=O)c1ccc2c(c1)C(=O)OC2=O. The first-order chi connectivity index (χ1) is 23.0. The Morgan fingerprint density at radius 2 is 0.917 bits per heavy atom. The van der Waals surface area contributed by atoms with E-state index in [1.165, 1.54) is 55.5 Å². The number of imide groups is 1. The Hall–Kier alpha value is -5.98. The molecule has 252 valence electrons. The Morgan fingerprint density at radius 3 is 1.25 bits per heavy atom. The van der Waals surface area contributed by atoms with E-state index in [2.05, 4.69) is 18.9 Å². The molecule has 0 saturated heterocycles. The second kappa shape index (κ2) is 17.6. The molecule has 0 bridgehead atoms. The molecule has 3 aliphatic rings. The predicted molar refractivity (Wildman–Crippen MR) is 170 cm³/mol.